The number of rotatable bonds is 6. The molecule has 1 amide bonds. The zero-order valence-corrected chi connectivity index (χ0v) is 10.5. The third kappa shape index (κ3) is 15.9. The smallest absolute Gasteiger partial charge is 0.219 e. The largest absolute Gasteiger partial charge is 0.369 e. The van der Waals surface area contributed by atoms with Gasteiger partial charge in [0, 0.05) is 18.8 Å². The van der Waals surface area contributed by atoms with Gasteiger partial charge in [-0.15, -0.1) is 0 Å². The van der Waals surface area contributed by atoms with Crippen LogP contribution in [0.25, 0.3) is 0 Å². The number of hydrogen-bond donors (Lipinski definition) is 1. The first-order chi connectivity index (χ1) is 6.95. The van der Waals surface area contributed by atoms with Crippen molar-refractivity contribution >= 4 is 11.7 Å². The lowest BCUT2D eigenvalue weighted by atomic mass is 10.1. The lowest BCUT2D eigenvalue weighted by molar-refractivity contribution is -0.121. The van der Waals surface area contributed by atoms with Crippen LogP contribution in [0.15, 0.2) is 0 Å². The highest BCUT2D eigenvalue weighted by atomic mass is 16.1. The van der Waals surface area contributed by atoms with Gasteiger partial charge in [-0.2, -0.15) is 0 Å². The summed E-state index contributed by atoms with van der Waals surface area (Å²) in [5.74, 6) is 0.156. The molecule has 0 unspecified atom stereocenters. The molecule has 0 aromatic carbocycles. The highest BCUT2D eigenvalue weighted by molar-refractivity contribution is 5.77. The number of primary amides is 1. The first-order valence-corrected chi connectivity index (χ1v) is 5.76. The van der Waals surface area contributed by atoms with E-state index in [4.69, 9.17) is 5.73 Å². The van der Waals surface area contributed by atoms with Crippen LogP contribution in [0.3, 0.4) is 0 Å². The van der Waals surface area contributed by atoms with Crippen LogP contribution in [0.2, 0.25) is 0 Å². The van der Waals surface area contributed by atoms with E-state index in [1.54, 1.807) is 13.8 Å². The maximum atomic E-state index is 10.7. The van der Waals surface area contributed by atoms with Gasteiger partial charge < -0.3 is 5.73 Å². The third-order valence-electron chi connectivity index (χ3n) is 2.02. The van der Waals surface area contributed by atoms with Crippen LogP contribution in [-0.4, -0.2) is 11.7 Å². The second-order valence-electron chi connectivity index (χ2n) is 3.91. The van der Waals surface area contributed by atoms with Crippen molar-refractivity contribution in [3.63, 3.8) is 0 Å². The number of nitrogens with two attached hydrogens (primary N) is 1. The van der Waals surface area contributed by atoms with E-state index < -0.39 is 0 Å². The van der Waals surface area contributed by atoms with Crippen LogP contribution >= 0.6 is 0 Å². The van der Waals surface area contributed by atoms with Crippen molar-refractivity contribution in [2.75, 3.05) is 0 Å². The Balaban J connectivity index is 0. The lowest BCUT2D eigenvalue weighted by Crippen LogP contribution is -2.17. The summed E-state index contributed by atoms with van der Waals surface area (Å²) in [6.45, 7) is 7.61. The first kappa shape index (κ1) is 16.6. The summed E-state index contributed by atoms with van der Waals surface area (Å²) in [5, 5.41) is 0. The summed E-state index contributed by atoms with van der Waals surface area (Å²) in [6, 6.07) is 0. The second-order valence-corrected chi connectivity index (χ2v) is 3.91. The minimum Gasteiger partial charge on any atom is -0.369 e. The van der Waals surface area contributed by atoms with Gasteiger partial charge in [-0.05, 0) is 6.42 Å². The Kier molecular flexibility index (Phi) is 12.4. The standard InChI is InChI=1S/C8H16O.C4H9NO/c1-3-5-6-7-8(9)4-2;1-3(2)4(5)6/h3-7H2,1-2H3;3H,1-2H3,(H2,5,6). The lowest BCUT2D eigenvalue weighted by Gasteiger charge is -1.93. The molecule has 3 heteroatoms. The highest BCUT2D eigenvalue weighted by Gasteiger charge is 1.96. The zero-order chi connectivity index (χ0) is 12.3. The molecule has 2 N–H and O–H groups in total. The van der Waals surface area contributed by atoms with Crippen molar-refractivity contribution in [2.24, 2.45) is 11.7 Å². The molecule has 0 aliphatic carbocycles. The van der Waals surface area contributed by atoms with Gasteiger partial charge in [0.1, 0.15) is 5.78 Å². The van der Waals surface area contributed by atoms with Crippen molar-refractivity contribution in [2.45, 2.75) is 59.8 Å². The highest BCUT2D eigenvalue weighted by Crippen LogP contribution is 2.00. The van der Waals surface area contributed by atoms with Crippen molar-refractivity contribution in [1.82, 2.24) is 0 Å². The number of amides is 1. The molecule has 0 radical (unpaired) electrons. The van der Waals surface area contributed by atoms with E-state index in [9.17, 15) is 9.59 Å². The second kappa shape index (κ2) is 11.2. The average Bonchev–Trinajstić information content (AvgIpc) is 2.18. The first-order valence-electron chi connectivity index (χ1n) is 5.76. The van der Waals surface area contributed by atoms with Gasteiger partial charge >= 0.3 is 0 Å². The summed E-state index contributed by atoms with van der Waals surface area (Å²) < 4.78 is 0. The summed E-state index contributed by atoms with van der Waals surface area (Å²) in [5.41, 5.74) is 4.80. The average molecular weight is 215 g/mol. The number of carbonyl (C=O) groups excluding carboxylic acids is 2. The van der Waals surface area contributed by atoms with Crippen molar-refractivity contribution in [3.8, 4) is 0 Å². The van der Waals surface area contributed by atoms with Crippen LogP contribution in [0, 0.1) is 5.92 Å². The van der Waals surface area contributed by atoms with Crippen molar-refractivity contribution in [1.29, 1.82) is 0 Å². The van der Waals surface area contributed by atoms with E-state index in [1.807, 2.05) is 6.92 Å². The van der Waals surface area contributed by atoms with Gasteiger partial charge in [0.15, 0.2) is 0 Å². The van der Waals surface area contributed by atoms with E-state index in [2.05, 4.69) is 6.92 Å². The predicted molar refractivity (Wildman–Crippen MR) is 63.5 cm³/mol. The van der Waals surface area contributed by atoms with Crippen molar-refractivity contribution in [3.05, 3.63) is 0 Å². The Bertz CT molecular complexity index is 176. The summed E-state index contributed by atoms with van der Waals surface area (Å²) in [4.78, 5) is 20.6. The SMILES string of the molecule is CC(C)C(N)=O.CCCCCC(=O)CC. The van der Waals surface area contributed by atoms with Crippen LogP contribution in [0.4, 0.5) is 0 Å². The summed E-state index contributed by atoms with van der Waals surface area (Å²) in [7, 11) is 0. The molecular weight excluding hydrogens is 190 g/mol. The maximum Gasteiger partial charge on any atom is 0.219 e. The molecule has 0 fully saturated rings. The minimum atomic E-state index is -0.241. The molecule has 0 aromatic heterocycles. The minimum absolute atomic E-state index is 0.00926. The van der Waals surface area contributed by atoms with Gasteiger partial charge in [-0.25, -0.2) is 0 Å². The van der Waals surface area contributed by atoms with E-state index in [1.165, 1.54) is 12.8 Å². The Labute approximate surface area is 93.4 Å². The number of unbranched alkanes of at least 4 members (excludes halogenated alkanes) is 2. The van der Waals surface area contributed by atoms with E-state index in [0.29, 0.717) is 12.2 Å². The molecule has 0 bridgehead atoms. The Morgan fingerprint density at radius 1 is 1.13 bits per heavy atom. The van der Waals surface area contributed by atoms with E-state index in [0.717, 1.165) is 12.8 Å². The number of carbonyl (C=O) groups is 2. The van der Waals surface area contributed by atoms with Gasteiger partial charge in [0.05, 0.1) is 0 Å². The Morgan fingerprint density at radius 3 is 1.87 bits per heavy atom. The number of ketones is 1. The fraction of sp³-hybridized carbons (Fsp3) is 0.833. The molecule has 0 aliphatic rings. The number of hydrogen-bond acceptors (Lipinski definition) is 2. The molecule has 3 nitrogen and oxygen atoms in total. The van der Waals surface area contributed by atoms with Gasteiger partial charge in [0.25, 0.3) is 0 Å². The predicted octanol–water partition coefficient (Wildman–Crippen LogP) is 2.67. The van der Waals surface area contributed by atoms with Gasteiger partial charge in [-0.3, -0.25) is 9.59 Å². The van der Waals surface area contributed by atoms with Crippen LogP contribution in [0.1, 0.15) is 59.8 Å². The molecule has 0 saturated carbocycles. The third-order valence-corrected chi connectivity index (χ3v) is 2.02. The summed E-state index contributed by atoms with van der Waals surface area (Å²) >= 11 is 0. The fourth-order valence-electron chi connectivity index (χ4n) is 0.749. The zero-order valence-electron chi connectivity index (χ0n) is 10.5. The van der Waals surface area contributed by atoms with Gasteiger partial charge in [-0.1, -0.05) is 40.5 Å². The molecule has 0 spiro atoms. The van der Waals surface area contributed by atoms with Crippen LogP contribution in [-0.2, 0) is 9.59 Å². The molecule has 90 valence electrons. The monoisotopic (exact) mass is 215 g/mol. The molecular formula is C12H25NO2. The normalized spacial score (nSPS) is 9.40. The Hall–Kier alpha value is -0.860. The Morgan fingerprint density at radius 2 is 1.60 bits per heavy atom. The van der Waals surface area contributed by atoms with E-state index in [-0.39, 0.29) is 11.8 Å². The summed E-state index contributed by atoms with van der Waals surface area (Å²) in [6.07, 6.45) is 5.00. The topological polar surface area (TPSA) is 60.2 Å². The molecule has 0 aromatic rings. The van der Waals surface area contributed by atoms with Gasteiger partial charge in [0.2, 0.25) is 5.91 Å². The molecule has 0 rings (SSSR count). The quantitative estimate of drug-likeness (QED) is 0.692. The van der Waals surface area contributed by atoms with Crippen molar-refractivity contribution < 1.29 is 9.59 Å². The van der Waals surface area contributed by atoms with Crippen LogP contribution < -0.4 is 5.73 Å². The molecule has 0 aliphatic heterocycles. The molecule has 0 heterocycles. The number of Topliss-reactive ketones (excluding diaryl/α,β-unsaturated/α-hetero) is 1. The molecule has 0 atom stereocenters. The maximum absolute atomic E-state index is 10.7. The van der Waals surface area contributed by atoms with E-state index >= 15 is 0 Å². The molecule has 15 heavy (non-hydrogen) atoms. The fourth-order valence-corrected chi connectivity index (χ4v) is 0.749. The van der Waals surface area contributed by atoms with Crippen LogP contribution in [0.5, 0.6) is 0 Å². The molecule has 0 saturated heterocycles.